The lowest BCUT2D eigenvalue weighted by Crippen LogP contribution is -2.49. The zero-order valence-electron chi connectivity index (χ0n) is 19.2. The fraction of sp³-hybridized carbons (Fsp3) is 0.423. The average Bonchev–Trinajstić information content (AvgIpc) is 3.43. The second-order valence-electron chi connectivity index (χ2n) is 8.86. The van der Waals surface area contributed by atoms with Crippen LogP contribution in [0.15, 0.2) is 48.5 Å². The van der Waals surface area contributed by atoms with Crippen LogP contribution in [0.3, 0.4) is 0 Å². The van der Waals surface area contributed by atoms with Crippen molar-refractivity contribution in [3.05, 3.63) is 59.7 Å². The third-order valence-electron chi connectivity index (χ3n) is 6.69. The third-order valence-corrected chi connectivity index (χ3v) is 7.34. The number of carboxylic acid groups (broad SMARTS) is 1. The molecule has 0 spiro atoms. The van der Waals surface area contributed by atoms with E-state index < -0.39 is 24.0 Å². The minimum atomic E-state index is -0.826. The van der Waals surface area contributed by atoms with E-state index in [9.17, 15) is 19.5 Å². The number of nitrogens with one attached hydrogen (secondary N) is 2. The minimum Gasteiger partial charge on any atom is -0.481 e. The minimum absolute atomic E-state index is 0.0527. The first-order chi connectivity index (χ1) is 16.5. The van der Waals surface area contributed by atoms with Gasteiger partial charge in [-0.1, -0.05) is 48.5 Å². The maximum Gasteiger partial charge on any atom is 0.407 e. The Balaban J connectivity index is 1.36. The van der Waals surface area contributed by atoms with Crippen molar-refractivity contribution in [3.63, 3.8) is 0 Å². The quantitative estimate of drug-likeness (QED) is 0.499. The molecule has 1 saturated carbocycles. The maximum atomic E-state index is 12.9. The predicted octanol–water partition coefficient (Wildman–Crippen LogP) is 4.02. The summed E-state index contributed by atoms with van der Waals surface area (Å²) in [5, 5.41) is 14.8. The Morgan fingerprint density at radius 2 is 1.71 bits per heavy atom. The number of benzene rings is 2. The smallest absolute Gasteiger partial charge is 0.407 e. The number of fused-ring (bicyclic) bond motifs is 3. The van der Waals surface area contributed by atoms with Gasteiger partial charge < -0.3 is 20.5 Å². The Labute approximate surface area is 203 Å². The van der Waals surface area contributed by atoms with Gasteiger partial charge in [0.15, 0.2) is 0 Å². The Morgan fingerprint density at radius 1 is 1.06 bits per heavy atom. The molecule has 2 aliphatic rings. The average molecular weight is 483 g/mol. The predicted molar refractivity (Wildman–Crippen MR) is 132 cm³/mol. The van der Waals surface area contributed by atoms with Gasteiger partial charge in [-0.05, 0) is 59.9 Å². The number of hydrogen-bond donors (Lipinski definition) is 3. The molecular weight excluding hydrogens is 452 g/mol. The van der Waals surface area contributed by atoms with Gasteiger partial charge in [-0.15, -0.1) is 0 Å². The monoisotopic (exact) mass is 482 g/mol. The molecular formula is C26H30N2O5S. The first kappa shape index (κ1) is 24.1. The van der Waals surface area contributed by atoms with Gasteiger partial charge in [0.05, 0.1) is 5.92 Å². The number of carbonyl (C=O) groups is 3. The van der Waals surface area contributed by atoms with Crippen LogP contribution in [0.4, 0.5) is 4.79 Å². The topological polar surface area (TPSA) is 105 Å². The molecule has 2 aromatic carbocycles. The van der Waals surface area contributed by atoms with Crippen LogP contribution >= 0.6 is 11.8 Å². The van der Waals surface area contributed by atoms with Crippen LogP contribution in [0.5, 0.6) is 0 Å². The van der Waals surface area contributed by atoms with Gasteiger partial charge in [0, 0.05) is 12.0 Å². The van der Waals surface area contributed by atoms with E-state index in [4.69, 9.17) is 4.74 Å². The fourth-order valence-corrected chi connectivity index (χ4v) is 5.40. The molecule has 2 aliphatic carbocycles. The SMILES string of the molecule is CSCC[C@H](NC(=O)OCC1c2ccccc2-c2ccccc21)C(=O)N[C@H]1CC[C@@H](C(=O)O)C1. The van der Waals surface area contributed by atoms with E-state index in [-0.39, 0.29) is 24.5 Å². The van der Waals surface area contributed by atoms with Crippen molar-refractivity contribution in [3.8, 4) is 11.1 Å². The van der Waals surface area contributed by atoms with Gasteiger partial charge in [0.1, 0.15) is 12.6 Å². The summed E-state index contributed by atoms with van der Waals surface area (Å²) in [5.41, 5.74) is 4.56. The number of carbonyl (C=O) groups excluding carboxylic acids is 2. The molecule has 8 heteroatoms. The lowest BCUT2D eigenvalue weighted by atomic mass is 9.98. The molecule has 0 heterocycles. The molecule has 0 bridgehead atoms. The van der Waals surface area contributed by atoms with Crippen LogP contribution in [0.2, 0.25) is 0 Å². The number of amides is 2. The fourth-order valence-electron chi connectivity index (χ4n) is 4.93. The van der Waals surface area contributed by atoms with Crippen LogP contribution in [-0.4, -0.2) is 53.8 Å². The van der Waals surface area contributed by atoms with E-state index in [1.54, 1.807) is 11.8 Å². The summed E-state index contributed by atoms with van der Waals surface area (Å²) >= 11 is 1.59. The van der Waals surface area contributed by atoms with Gasteiger partial charge in [0.2, 0.25) is 5.91 Å². The highest BCUT2D eigenvalue weighted by Gasteiger charge is 2.33. The van der Waals surface area contributed by atoms with Crippen molar-refractivity contribution >= 4 is 29.7 Å². The van der Waals surface area contributed by atoms with E-state index in [0.29, 0.717) is 31.4 Å². The lowest BCUT2D eigenvalue weighted by Gasteiger charge is -2.21. The molecule has 0 aliphatic heterocycles. The van der Waals surface area contributed by atoms with E-state index in [1.165, 1.54) is 0 Å². The summed E-state index contributed by atoms with van der Waals surface area (Å²) < 4.78 is 5.60. The molecule has 0 saturated heterocycles. The van der Waals surface area contributed by atoms with E-state index in [1.807, 2.05) is 30.5 Å². The second kappa shape index (κ2) is 11.0. The van der Waals surface area contributed by atoms with Crippen LogP contribution in [0, 0.1) is 5.92 Å². The first-order valence-electron chi connectivity index (χ1n) is 11.6. The number of aliphatic carboxylic acids is 1. The van der Waals surface area contributed by atoms with Gasteiger partial charge in [0.25, 0.3) is 0 Å². The molecule has 0 unspecified atom stereocenters. The number of thioether (sulfide) groups is 1. The summed E-state index contributed by atoms with van der Waals surface area (Å²) in [6, 6.07) is 15.3. The van der Waals surface area contributed by atoms with E-state index in [2.05, 4.69) is 34.9 Å². The van der Waals surface area contributed by atoms with Crippen molar-refractivity contribution in [2.45, 2.75) is 43.7 Å². The molecule has 0 radical (unpaired) electrons. The largest absolute Gasteiger partial charge is 0.481 e. The highest BCUT2D eigenvalue weighted by molar-refractivity contribution is 7.98. The molecule has 3 N–H and O–H groups in total. The van der Waals surface area contributed by atoms with Crippen LogP contribution in [0.1, 0.15) is 42.7 Å². The first-order valence-corrected chi connectivity index (χ1v) is 13.0. The zero-order chi connectivity index (χ0) is 24.1. The summed E-state index contributed by atoms with van der Waals surface area (Å²) in [4.78, 5) is 36.7. The number of ether oxygens (including phenoxy) is 1. The number of rotatable bonds is 9. The standard InChI is InChI=1S/C26H30N2O5S/c1-34-13-12-23(24(29)27-17-11-10-16(14-17)25(30)31)28-26(32)33-15-22-20-8-4-2-6-18(20)19-7-3-5-9-21(19)22/h2-9,16-17,22-23H,10-15H2,1H3,(H,27,29)(H,28,32)(H,30,31)/t16-,17+,23+/m1/s1. The summed E-state index contributed by atoms with van der Waals surface area (Å²) in [6.07, 6.45) is 3.38. The number of carboxylic acids is 1. The van der Waals surface area contributed by atoms with Crippen molar-refractivity contribution in [1.29, 1.82) is 0 Å². The van der Waals surface area contributed by atoms with Crippen LogP contribution < -0.4 is 10.6 Å². The van der Waals surface area contributed by atoms with Crippen molar-refractivity contribution in [2.75, 3.05) is 18.6 Å². The molecule has 2 amide bonds. The third kappa shape index (κ3) is 5.38. The summed E-state index contributed by atoms with van der Waals surface area (Å²) in [6.45, 7) is 0.180. The van der Waals surface area contributed by atoms with E-state index >= 15 is 0 Å². The van der Waals surface area contributed by atoms with Crippen LogP contribution in [0.25, 0.3) is 11.1 Å². The molecule has 34 heavy (non-hydrogen) atoms. The normalized spacial score (nSPS) is 19.7. The van der Waals surface area contributed by atoms with Crippen molar-refractivity contribution in [2.24, 2.45) is 5.92 Å². The Bertz CT molecular complexity index is 1010. The lowest BCUT2D eigenvalue weighted by molar-refractivity contribution is -0.141. The van der Waals surface area contributed by atoms with Gasteiger partial charge in [-0.25, -0.2) is 4.79 Å². The highest BCUT2D eigenvalue weighted by Crippen LogP contribution is 2.44. The van der Waals surface area contributed by atoms with Crippen LogP contribution in [-0.2, 0) is 14.3 Å². The molecule has 180 valence electrons. The van der Waals surface area contributed by atoms with E-state index in [0.717, 1.165) is 22.3 Å². The Kier molecular flexibility index (Phi) is 7.77. The molecule has 7 nitrogen and oxygen atoms in total. The van der Waals surface area contributed by atoms with Crippen molar-refractivity contribution in [1.82, 2.24) is 10.6 Å². The maximum absolute atomic E-state index is 12.9. The van der Waals surface area contributed by atoms with Crippen molar-refractivity contribution < 1.29 is 24.2 Å². The molecule has 1 fully saturated rings. The summed E-state index contributed by atoms with van der Waals surface area (Å²) in [5.74, 6) is -0.899. The molecule has 3 atom stereocenters. The number of hydrogen-bond acceptors (Lipinski definition) is 5. The molecule has 0 aromatic heterocycles. The molecule has 2 aromatic rings. The zero-order valence-corrected chi connectivity index (χ0v) is 20.0. The van der Waals surface area contributed by atoms with Gasteiger partial charge >= 0.3 is 12.1 Å². The Hall–Kier alpha value is -3.00. The molecule has 4 rings (SSSR count). The Morgan fingerprint density at radius 3 is 2.29 bits per heavy atom. The van der Waals surface area contributed by atoms with Gasteiger partial charge in [-0.3, -0.25) is 9.59 Å². The number of alkyl carbamates (subject to hydrolysis) is 1. The highest BCUT2D eigenvalue weighted by atomic mass is 32.2. The second-order valence-corrected chi connectivity index (χ2v) is 9.84. The van der Waals surface area contributed by atoms with Gasteiger partial charge in [-0.2, -0.15) is 11.8 Å². The summed E-state index contributed by atoms with van der Waals surface area (Å²) in [7, 11) is 0.